The Kier molecular flexibility index (Phi) is 7.15. The molecule has 30 heavy (non-hydrogen) atoms. The van der Waals surface area contributed by atoms with E-state index in [0.717, 1.165) is 0 Å². The monoisotopic (exact) mass is 432 g/mol. The van der Waals surface area contributed by atoms with Gasteiger partial charge in [-0.1, -0.05) is 5.92 Å². The average Bonchev–Trinajstić information content (AvgIpc) is 3.00. The number of nitrogens with zero attached hydrogens (tertiary/aromatic N) is 1. The Hall–Kier alpha value is -2.58. The minimum Gasteiger partial charge on any atom is -0.462 e. The zero-order valence-corrected chi connectivity index (χ0v) is 17.0. The van der Waals surface area contributed by atoms with Gasteiger partial charge in [-0.2, -0.15) is 13.2 Å². The molecule has 0 aliphatic carbocycles. The van der Waals surface area contributed by atoms with Crippen LogP contribution in [0.2, 0.25) is 0 Å². The largest absolute Gasteiger partial charge is 0.462 e. The number of hydrogen-bond acceptors (Lipinski definition) is 6. The lowest BCUT2D eigenvalue weighted by molar-refractivity contribution is -0.160. The van der Waals surface area contributed by atoms with Gasteiger partial charge in [-0.25, -0.2) is 4.79 Å². The smallest absolute Gasteiger partial charge is 0.423 e. The normalized spacial score (nSPS) is 21.8. The fourth-order valence-electron chi connectivity index (χ4n) is 2.69. The first kappa shape index (κ1) is 23.7. The molecule has 2 heterocycles. The molecule has 3 atom stereocenters. The predicted molar refractivity (Wildman–Crippen MR) is 98.5 cm³/mol. The molecule has 0 spiro atoms. The van der Waals surface area contributed by atoms with Crippen LogP contribution in [0.15, 0.2) is 15.8 Å². The lowest BCUT2D eigenvalue weighted by Crippen LogP contribution is -2.36. The van der Waals surface area contributed by atoms with E-state index < -0.39 is 52.8 Å². The number of carbonyl (C=O) groups excluding carboxylic acids is 1. The second-order valence-electron chi connectivity index (χ2n) is 7.70. The number of rotatable bonds is 5. The molecule has 1 saturated heterocycles. The summed E-state index contributed by atoms with van der Waals surface area (Å²) in [7, 11) is 0. The molecule has 1 aliphatic heterocycles. The van der Waals surface area contributed by atoms with Crippen LogP contribution < -0.4 is 11.2 Å². The van der Waals surface area contributed by atoms with Gasteiger partial charge in [0.25, 0.3) is 5.56 Å². The van der Waals surface area contributed by atoms with Gasteiger partial charge in [0.15, 0.2) is 0 Å². The lowest BCUT2D eigenvalue weighted by atomic mass is 9.97. The summed E-state index contributed by atoms with van der Waals surface area (Å²) in [5.41, 5.74) is -4.89. The number of ether oxygens (including phenoxy) is 3. The second kappa shape index (κ2) is 9.06. The van der Waals surface area contributed by atoms with Crippen molar-refractivity contribution in [2.24, 2.45) is 5.41 Å². The van der Waals surface area contributed by atoms with Crippen LogP contribution in [0.1, 0.15) is 45.9 Å². The highest BCUT2D eigenvalue weighted by molar-refractivity contribution is 5.75. The Morgan fingerprint density at radius 3 is 2.57 bits per heavy atom. The van der Waals surface area contributed by atoms with E-state index in [4.69, 9.17) is 14.2 Å². The van der Waals surface area contributed by atoms with Crippen molar-refractivity contribution in [3.8, 4) is 11.8 Å². The molecular formula is C19H23F3N2O6. The molecule has 11 heteroatoms. The molecule has 1 aliphatic rings. The van der Waals surface area contributed by atoms with Crippen LogP contribution >= 0.6 is 0 Å². The van der Waals surface area contributed by atoms with Crippen LogP contribution in [0.3, 0.4) is 0 Å². The zero-order chi connectivity index (χ0) is 22.7. The summed E-state index contributed by atoms with van der Waals surface area (Å²) in [4.78, 5) is 37.3. The highest BCUT2D eigenvalue weighted by Crippen LogP contribution is 2.32. The average molecular weight is 432 g/mol. The molecule has 0 unspecified atom stereocenters. The van der Waals surface area contributed by atoms with E-state index in [-0.39, 0.29) is 19.6 Å². The van der Waals surface area contributed by atoms with Gasteiger partial charge < -0.3 is 14.2 Å². The highest BCUT2D eigenvalue weighted by atomic mass is 19.4. The maximum absolute atomic E-state index is 13.1. The van der Waals surface area contributed by atoms with Crippen molar-refractivity contribution in [1.82, 2.24) is 9.55 Å². The third-order valence-electron chi connectivity index (χ3n) is 4.30. The first-order valence-corrected chi connectivity index (χ1v) is 9.11. The standard InChI is InChI=1S/C19H23F3N2O6/c1-5-6-7-28-12-8-14(30-13(12)10-29-16(26)18(2,3)4)24-9-11(19(20,21)22)15(25)23-17(24)27/h9,12-14H,7-8,10H2,1-4H3,(H,23,25,27)/t12-,13+,14+/m0/s1. The van der Waals surface area contributed by atoms with Crippen molar-refractivity contribution in [3.05, 3.63) is 32.6 Å². The number of carbonyl (C=O) groups is 1. The van der Waals surface area contributed by atoms with Crippen molar-refractivity contribution >= 4 is 5.97 Å². The summed E-state index contributed by atoms with van der Waals surface area (Å²) in [6, 6.07) is 0. The number of aromatic amines is 1. The lowest BCUT2D eigenvalue weighted by Gasteiger charge is -2.21. The van der Waals surface area contributed by atoms with E-state index in [0.29, 0.717) is 10.8 Å². The molecule has 0 aromatic carbocycles. The number of alkyl halides is 3. The Bertz CT molecular complexity index is 948. The Labute approximate surface area is 170 Å². The van der Waals surface area contributed by atoms with Crippen LogP contribution in [0, 0.1) is 17.3 Å². The van der Waals surface area contributed by atoms with Gasteiger partial charge in [-0.05, 0) is 27.7 Å². The molecule has 1 N–H and O–H groups in total. The topological polar surface area (TPSA) is 99.6 Å². The first-order valence-electron chi connectivity index (χ1n) is 9.11. The van der Waals surface area contributed by atoms with E-state index in [9.17, 15) is 27.6 Å². The molecule has 166 valence electrons. The molecule has 0 saturated carbocycles. The fourth-order valence-corrected chi connectivity index (χ4v) is 2.69. The van der Waals surface area contributed by atoms with E-state index in [2.05, 4.69) is 11.8 Å². The van der Waals surface area contributed by atoms with Gasteiger partial charge in [0.05, 0.1) is 11.5 Å². The third kappa shape index (κ3) is 5.73. The van der Waals surface area contributed by atoms with Crippen molar-refractivity contribution in [1.29, 1.82) is 0 Å². The summed E-state index contributed by atoms with van der Waals surface area (Å²) >= 11 is 0. The number of aromatic nitrogens is 2. The molecule has 0 bridgehead atoms. The van der Waals surface area contributed by atoms with Gasteiger partial charge in [-0.15, -0.1) is 5.92 Å². The minimum atomic E-state index is -4.95. The Morgan fingerprint density at radius 2 is 2.00 bits per heavy atom. The van der Waals surface area contributed by atoms with Crippen molar-refractivity contribution < 1.29 is 32.2 Å². The summed E-state index contributed by atoms with van der Waals surface area (Å²) < 4.78 is 56.3. The van der Waals surface area contributed by atoms with Gasteiger partial charge >= 0.3 is 17.8 Å². The van der Waals surface area contributed by atoms with Gasteiger partial charge in [0.1, 0.15) is 31.1 Å². The number of nitrogens with one attached hydrogen (secondary N) is 1. The van der Waals surface area contributed by atoms with Crippen molar-refractivity contribution in [2.75, 3.05) is 13.2 Å². The third-order valence-corrected chi connectivity index (χ3v) is 4.30. The van der Waals surface area contributed by atoms with Crippen LogP contribution in [-0.4, -0.2) is 40.9 Å². The highest BCUT2D eigenvalue weighted by Gasteiger charge is 2.41. The Balaban J connectivity index is 2.27. The first-order chi connectivity index (χ1) is 13.8. The second-order valence-corrected chi connectivity index (χ2v) is 7.70. The SMILES string of the molecule is CC#CCO[C@H]1C[C@H](n2cc(C(F)(F)F)c(=O)[nH]c2=O)O[C@@H]1COC(=O)C(C)(C)C. The van der Waals surface area contributed by atoms with Crippen LogP contribution in [0.25, 0.3) is 0 Å². The van der Waals surface area contributed by atoms with Crippen LogP contribution in [0.4, 0.5) is 13.2 Å². The molecule has 1 aromatic heterocycles. The molecule has 8 nitrogen and oxygen atoms in total. The zero-order valence-electron chi connectivity index (χ0n) is 17.0. The summed E-state index contributed by atoms with van der Waals surface area (Å²) in [6.07, 6.45) is -7.24. The van der Waals surface area contributed by atoms with Gasteiger partial charge in [-0.3, -0.25) is 19.1 Å². The quantitative estimate of drug-likeness (QED) is 0.563. The predicted octanol–water partition coefficient (Wildman–Crippen LogP) is 1.84. The summed E-state index contributed by atoms with van der Waals surface area (Å²) in [6.45, 7) is 6.40. The molecular weight excluding hydrogens is 409 g/mol. The number of halogens is 3. The van der Waals surface area contributed by atoms with Gasteiger partial charge in [0, 0.05) is 12.6 Å². The maximum Gasteiger partial charge on any atom is 0.423 e. The summed E-state index contributed by atoms with van der Waals surface area (Å²) in [5.74, 6) is 4.83. The van der Waals surface area contributed by atoms with E-state index in [1.807, 2.05) is 0 Å². The van der Waals surface area contributed by atoms with E-state index in [1.54, 1.807) is 32.7 Å². The molecule has 1 aromatic rings. The molecule has 2 rings (SSSR count). The number of H-pyrrole nitrogens is 1. The molecule has 1 fully saturated rings. The van der Waals surface area contributed by atoms with Crippen molar-refractivity contribution in [2.45, 2.75) is 58.7 Å². The minimum absolute atomic E-state index is 0.00756. The van der Waals surface area contributed by atoms with E-state index in [1.165, 1.54) is 0 Å². The fraction of sp³-hybridized carbons (Fsp3) is 0.632. The number of hydrogen-bond donors (Lipinski definition) is 1. The van der Waals surface area contributed by atoms with E-state index >= 15 is 0 Å². The van der Waals surface area contributed by atoms with Gasteiger partial charge in [0.2, 0.25) is 0 Å². The summed E-state index contributed by atoms with van der Waals surface area (Å²) in [5, 5.41) is 0. The Morgan fingerprint density at radius 1 is 1.33 bits per heavy atom. The van der Waals surface area contributed by atoms with Crippen LogP contribution in [0.5, 0.6) is 0 Å². The molecule has 0 radical (unpaired) electrons. The molecule has 0 amide bonds. The van der Waals surface area contributed by atoms with Crippen molar-refractivity contribution in [3.63, 3.8) is 0 Å². The maximum atomic E-state index is 13.1. The van der Waals surface area contributed by atoms with Crippen LogP contribution in [-0.2, 0) is 25.2 Å². The number of esters is 1.